The summed E-state index contributed by atoms with van der Waals surface area (Å²) in [7, 11) is 0. The van der Waals surface area contributed by atoms with Gasteiger partial charge in [0.1, 0.15) is 0 Å². The highest BCUT2D eigenvalue weighted by Crippen LogP contribution is 2.22. The molecule has 0 aliphatic carbocycles. The predicted molar refractivity (Wildman–Crippen MR) is 82.5 cm³/mol. The summed E-state index contributed by atoms with van der Waals surface area (Å²) in [4.78, 5) is 26.5. The van der Waals surface area contributed by atoms with Gasteiger partial charge in [-0.15, -0.1) is 0 Å². The largest absolute Gasteiger partial charge is 0.322 e. The van der Waals surface area contributed by atoms with Crippen molar-refractivity contribution in [1.82, 2.24) is 4.98 Å². The summed E-state index contributed by atoms with van der Waals surface area (Å²) >= 11 is 1.14. The van der Waals surface area contributed by atoms with Gasteiger partial charge in [-0.1, -0.05) is 30.0 Å². The zero-order chi connectivity index (χ0) is 15.2. The first-order chi connectivity index (χ1) is 10.1. The monoisotopic (exact) mass is 299 g/mol. The Labute approximate surface area is 126 Å². The number of aromatic nitrogens is 1. The number of rotatable bonds is 4. The van der Waals surface area contributed by atoms with Crippen molar-refractivity contribution in [2.24, 2.45) is 0 Å². The molecule has 0 spiro atoms. The van der Waals surface area contributed by atoms with Crippen molar-refractivity contribution in [2.75, 3.05) is 11.1 Å². The lowest BCUT2D eigenvalue weighted by Gasteiger charge is -2.11. The van der Waals surface area contributed by atoms with Gasteiger partial charge in [-0.2, -0.15) is 5.26 Å². The molecule has 0 saturated carbocycles. The fourth-order valence-electron chi connectivity index (χ4n) is 1.87. The van der Waals surface area contributed by atoms with E-state index in [1.165, 1.54) is 6.07 Å². The molecule has 0 radical (unpaired) electrons. The van der Waals surface area contributed by atoms with Gasteiger partial charge >= 0.3 is 0 Å². The number of H-pyrrole nitrogens is 1. The molecule has 2 aromatic rings. The van der Waals surface area contributed by atoms with Crippen molar-refractivity contribution < 1.29 is 4.79 Å². The smallest absolute Gasteiger partial charge is 0.258 e. The fraction of sp³-hybridized carbons (Fsp3) is 0.133. The van der Waals surface area contributed by atoms with Crippen molar-refractivity contribution in [3.05, 3.63) is 57.9 Å². The first-order valence-electron chi connectivity index (χ1n) is 6.22. The number of nitrogens with zero attached hydrogens (tertiary/aromatic N) is 1. The molecule has 5 nitrogen and oxygen atoms in total. The van der Waals surface area contributed by atoms with Crippen LogP contribution in [0.2, 0.25) is 0 Å². The Kier molecular flexibility index (Phi) is 4.80. The Bertz CT molecular complexity index is 748. The molecule has 2 rings (SSSR count). The number of aryl methyl sites for hydroxylation is 1. The summed E-state index contributed by atoms with van der Waals surface area (Å²) in [5, 5.41) is 11.9. The molecule has 106 valence electrons. The van der Waals surface area contributed by atoms with E-state index in [-0.39, 0.29) is 17.2 Å². The van der Waals surface area contributed by atoms with E-state index in [0.717, 1.165) is 11.8 Å². The normalized spacial score (nSPS) is 9.90. The molecular weight excluding hydrogens is 286 g/mol. The quantitative estimate of drug-likeness (QED) is 0.850. The van der Waals surface area contributed by atoms with Crippen LogP contribution in [0.3, 0.4) is 0 Å². The van der Waals surface area contributed by atoms with Crippen LogP contribution in [-0.4, -0.2) is 16.6 Å². The van der Waals surface area contributed by atoms with Crippen LogP contribution in [0.4, 0.5) is 5.69 Å². The number of nitriles is 1. The van der Waals surface area contributed by atoms with Crippen molar-refractivity contribution in [2.45, 2.75) is 11.9 Å². The summed E-state index contributed by atoms with van der Waals surface area (Å²) in [5.41, 5.74) is 1.35. The van der Waals surface area contributed by atoms with Crippen LogP contribution in [0.25, 0.3) is 0 Å². The molecule has 1 heterocycles. The number of aromatic amines is 1. The van der Waals surface area contributed by atoms with E-state index in [2.05, 4.69) is 10.3 Å². The van der Waals surface area contributed by atoms with Gasteiger partial charge in [-0.25, -0.2) is 0 Å². The first-order valence-corrected chi connectivity index (χ1v) is 7.20. The van der Waals surface area contributed by atoms with Crippen molar-refractivity contribution in [1.29, 1.82) is 5.26 Å². The standard InChI is InChI=1S/C15H13N3O2S/c1-10-9-12(19)18-15(21-8-7-16)13(10)14(20)17-11-5-3-2-4-6-11/h2-6,9H,8H2,1H3,(H,17,20)(H,18,19). The van der Waals surface area contributed by atoms with E-state index in [4.69, 9.17) is 5.26 Å². The highest BCUT2D eigenvalue weighted by atomic mass is 32.2. The number of para-hydroxylation sites is 1. The molecule has 0 fully saturated rings. The Hall–Kier alpha value is -2.52. The van der Waals surface area contributed by atoms with Crippen LogP contribution in [-0.2, 0) is 0 Å². The van der Waals surface area contributed by atoms with E-state index in [0.29, 0.717) is 21.8 Å². The minimum absolute atomic E-state index is 0.158. The molecule has 0 unspecified atom stereocenters. The molecule has 1 aromatic carbocycles. The third-order valence-electron chi connectivity index (χ3n) is 2.75. The fourth-order valence-corrected chi connectivity index (χ4v) is 2.65. The molecule has 2 N–H and O–H groups in total. The lowest BCUT2D eigenvalue weighted by atomic mass is 10.1. The van der Waals surface area contributed by atoms with Crippen LogP contribution in [0.15, 0.2) is 46.2 Å². The van der Waals surface area contributed by atoms with Crippen LogP contribution in [0.1, 0.15) is 15.9 Å². The number of amides is 1. The second-order valence-electron chi connectivity index (χ2n) is 4.29. The van der Waals surface area contributed by atoms with Gasteiger partial charge in [0.25, 0.3) is 5.91 Å². The lowest BCUT2D eigenvalue weighted by Crippen LogP contribution is -2.19. The molecule has 0 bridgehead atoms. The molecule has 0 saturated heterocycles. The summed E-state index contributed by atoms with van der Waals surface area (Å²) in [6.07, 6.45) is 0. The zero-order valence-electron chi connectivity index (χ0n) is 11.3. The summed E-state index contributed by atoms with van der Waals surface area (Å²) < 4.78 is 0. The van der Waals surface area contributed by atoms with Gasteiger partial charge in [-0.3, -0.25) is 9.59 Å². The second kappa shape index (κ2) is 6.77. The Morgan fingerprint density at radius 1 is 1.38 bits per heavy atom. The van der Waals surface area contributed by atoms with Crippen molar-refractivity contribution >= 4 is 23.4 Å². The number of carbonyl (C=O) groups is 1. The average Bonchev–Trinajstić information content (AvgIpc) is 2.45. The highest BCUT2D eigenvalue weighted by molar-refractivity contribution is 7.99. The number of nitrogens with one attached hydrogen (secondary N) is 2. The molecule has 0 atom stereocenters. The second-order valence-corrected chi connectivity index (χ2v) is 5.27. The third-order valence-corrected chi connectivity index (χ3v) is 3.61. The minimum Gasteiger partial charge on any atom is -0.322 e. The predicted octanol–water partition coefficient (Wildman–Crippen LogP) is 2.55. The first kappa shape index (κ1) is 14.9. The van der Waals surface area contributed by atoms with Gasteiger partial charge in [0, 0.05) is 11.8 Å². The maximum absolute atomic E-state index is 12.4. The SMILES string of the molecule is Cc1cc(=O)[nH]c(SCC#N)c1C(=O)Nc1ccccc1. The van der Waals surface area contributed by atoms with Gasteiger partial charge < -0.3 is 10.3 Å². The number of benzene rings is 1. The number of hydrogen-bond donors (Lipinski definition) is 2. The van der Waals surface area contributed by atoms with E-state index in [9.17, 15) is 9.59 Å². The maximum Gasteiger partial charge on any atom is 0.258 e. The van der Waals surface area contributed by atoms with Crippen LogP contribution >= 0.6 is 11.8 Å². The highest BCUT2D eigenvalue weighted by Gasteiger charge is 2.16. The summed E-state index contributed by atoms with van der Waals surface area (Å²) in [6.45, 7) is 1.70. The molecule has 0 aliphatic heterocycles. The van der Waals surface area contributed by atoms with Crippen molar-refractivity contribution in [3.63, 3.8) is 0 Å². The van der Waals surface area contributed by atoms with E-state index < -0.39 is 0 Å². The average molecular weight is 299 g/mol. The Balaban J connectivity index is 2.35. The minimum atomic E-state index is -0.310. The topological polar surface area (TPSA) is 85.8 Å². The van der Waals surface area contributed by atoms with Gasteiger partial charge in [0.2, 0.25) is 5.56 Å². The Morgan fingerprint density at radius 3 is 2.76 bits per heavy atom. The molecule has 6 heteroatoms. The third kappa shape index (κ3) is 3.74. The van der Waals surface area contributed by atoms with Gasteiger partial charge in [0.05, 0.1) is 22.4 Å². The van der Waals surface area contributed by atoms with Crippen LogP contribution in [0, 0.1) is 18.3 Å². The van der Waals surface area contributed by atoms with E-state index in [1.807, 2.05) is 24.3 Å². The Morgan fingerprint density at radius 2 is 2.10 bits per heavy atom. The number of carbonyl (C=O) groups excluding carboxylic acids is 1. The van der Waals surface area contributed by atoms with Gasteiger partial charge in [0.15, 0.2) is 0 Å². The zero-order valence-corrected chi connectivity index (χ0v) is 12.2. The molecule has 0 aliphatic rings. The lowest BCUT2D eigenvalue weighted by molar-refractivity contribution is 0.102. The summed E-state index contributed by atoms with van der Waals surface area (Å²) in [6, 6.07) is 12.4. The molecule has 1 amide bonds. The molecule has 1 aromatic heterocycles. The number of thioether (sulfide) groups is 1. The molecular formula is C15H13N3O2S. The maximum atomic E-state index is 12.4. The number of anilines is 1. The van der Waals surface area contributed by atoms with Gasteiger partial charge in [-0.05, 0) is 24.6 Å². The molecule has 21 heavy (non-hydrogen) atoms. The van der Waals surface area contributed by atoms with Crippen LogP contribution in [0.5, 0.6) is 0 Å². The number of pyridine rings is 1. The van der Waals surface area contributed by atoms with E-state index >= 15 is 0 Å². The number of hydrogen-bond acceptors (Lipinski definition) is 4. The van der Waals surface area contributed by atoms with Crippen molar-refractivity contribution in [3.8, 4) is 6.07 Å². The van der Waals surface area contributed by atoms with E-state index in [1.54, 1.807) is 19.1 Å². The summed E-state index contributed by atoms with van der Waals surface area (Å²) in [5.74, 6) is -0.152. The van der Waals surface area contributed by atoms with Crippen LogP contribution < -0.4 is 10.9 Å².